The second-order valence-electron chi connectivity index (χ2n) is 6.50. The van der Waals surface area contributed by atoms with E-state index in [0.29, 0.717) is 11.1 Å². The van der Waals surface area contributed by atoms with Crippen molar-refractivity contribution in [1.29, 1.82) is 0 Å². The highest BCUT2D eigenvalue weighted by molar-refractivity contribution is 6.03. The summed E-state index contributed by atoms with van der Waals surface area (Å²) in [6, 6.07) is 17.3. The van der Waals surface area contributed by atoms with Crippen molar-refractivity contribution in [3.63, 3.8) is 0 Å². The first-order valence-electron chi connectivity index (χ1n) is 8.88. The topological polar surface area (TPSA) is 33.2 Å². The van der Waals surface area contributed by atoms with Crippen LogP contribution in [0.4, 0.5) is 4.39 Å². The number of hydrogen-bond donors (Lipinski definition) is 0. The van der Waals surface area contributed by atoms with Gasteiger partial charge in [0.15, 0.2) is 0 Å². The van der Waals surface area contributed by atoms with Crippen molar-refractivity contribution >= 4 is 16.8 Å². The van der Waals surface area contributed by atoms with E-state index in [0.717, 1.165) is 22.9 Å². The normalized spacial score (nSPS) is 12.2. The minimum Gasteiger partial charge on any atom is -0.338 e. The summed E-state index contributed by atoms with van der Waals surface area (Å²) in [6.07, 6.45) is 0.826. The first-order valence-corrected chi connectivity index (χ1v) is 8.88. The van der Waals surface area contributed by atoms with Gasteiger partial charge in [0.25, 0.3) is 5.91 Å². The van der Waals surface area contributed by atoms with Crippen LogP contribution in [0.5, 0.6) is 0 Å². The van der Waals surface area contributed by atoms with E-state index in [1.165, 1.54) is 0 Å². The Kier molecular flexibility index (Phi) is 5.31. The number of aromatic nitrogens is 1. The number of carbonyl (C=O) groups is 1. The van der Waals surface area contributed by atoms with Crippen molar-refractivity contribution < 1.29 is 9.18 Å². The van der Waals surface area contributed by atoms with Crippen molar-refractivity contribution in [2.45, 2.75) is 33.0 Å². The molecule has 1 aromatic heterocycles. The lowest BCUT2D eigenvalue weighted by Crippen LogP contribution is -2.35. The zero-order chi connectivity index (χ0) is 18.7. The fraction of sp³-hybridized carbons (Fsp3) is 0.273. The molecule has 0 aliphatic carbocycles. The molecule has 1 heterocycles. The van der Waals surface area contributed by atoms with Crippen LogP contribution in [0.15, 0.2) is 54.6 Å². The molecule has 3 nitrogen and oxygen atoms in total. The molecule has 0 saturated heterocycles. The Morgan fingerprint density at radius 2 is 1.77 bits per heavy atom. The highest BCUT2D eigenvalue weighted by Crippen LogP contribution is 2.34. The molecule has 2 aromatic carbocycles. The molecular formula is C22H23FN2O. The Hall–Kier alpha value is -2.75. The van der Waals surface area contributed by atoms with Crippen LogP contribution in [0.25, 0.3) is 22.0 Å². The van der Waals surface area contributed by atoms with Gasteiger partial charge in [-0.1, -0.05) is 55.5 Å². The van der Waals surface area contributed by atoms with Crippen molar-refractivity contribution in [3.05, 3.63) is 65.9 Å². The second-order valence-corrected chi connectivity index (χ2v) is 6.50. The second kappa shape index (κ2) is 7.65. The van der Waals surface area contributed by atoms with E-state index in [1.807, 2.05) is 68.4 Å². The van der Waals surface area contributed by atoms with E-state index >= 15 is 0 Å². The van der Waals surface area contributed by atoms with E-state index in [-0.39, 0.29) is 17.6 Å². The molecule has 0 saturated carbocycles. The Balaban J connectivity index is 2.30. The zero-order valence-corrected chi connectivity index (χ0v) is 15.4. The Labute approximate surface area is 153 Å². The third-order valence-corrected chi connectivity index (χ3v) is 4.96. The standard InChI is InChI=1S/C22H23FN2O/c1-4-15(2)25(3)22(26)21-18(14-23)20(16-10-6-5-7-11-16)17-12-8-9-13-19(17)24-21/h5-13,15H,4,14H2,1-3H3/t15-/m1/s1. The predicted octanol–water partition coefficient (Wildman–Crippen LogP) is 5.24. The van der Waals surface area contributed by atoms with Gasteiger partial charge in [0.1, 0.15) is 12.4 Å². The maximum Gasteiger partial charge on any atom is 0.272 e. The molecule has 134 valence electrons. The lowest BCUT2D eigenvalue weighted by molar-refractivity contribution is 0.0733. The van der Waals surface area contributed by atoms with Crippen LogP contribution in [-0.4, -0.2) is 28.9 Å². The number of carbonyl (C=O) groups excluding carboxylic acids is 1. The van der Waals surface area contributed by atoms with Gasteiger partial charge in [-0.2, -0.15) is 0 Å². The van der Waals surface area contributed by atoms with Crippen LogP contribution in [0, 0.1) is 0 Å². The molecule has 0 aliphatic heterocycles. The van der Waals surface area contributed by atoms with Crippen molar-refractivity contribution in [2.24, 2.45) is 0 Å². The number of amides is 1. The van der Waals surface area contributed by atoms with Crippen LogP contribution in [0.3, 0.4) is 0 Å². The lowest BCUT2D eigenvalue weighted by Gasteiger charge is -2.25. The van der Waals surface area contributed by atoms with Gasteiger partial charge in [0, 0.05) is 24.0 Å². The summed E-state index contributed by atoms with van der Waals surface area (Å²) < 4.78 is 14.2. The molecule has 0 spiro atoms. The number of benzene rings is 2. The average molecular weight is 350 g/mol. The van der Waals surface area contributed by atoms with Gasteiger partial charge < -0.3 is 4.90 Å². The van der Waals surface area contributed by atoms with Gasteiger partial charge in [-0.15, -0.1) is 0 Å². The fourth-order valence-corrected chi connectivity index (χ4v) is 3.13. The van der Waals surface area contributed by atoms with Crippen LogP contribution < -0.4 is 0 Å². The molecule has 0 bridgehead atoms. The summed E-state index contributed by atoms with van der Waals surface area (Å²) in [5.74, 6) is -0.241. The number of rotatable bonds is 5. The molecule has 0 aliphatic rings. The van der Waals surface area contributed by atoms with Gasteiger partial charge in [0.05, 0.1) is 5.52 Å². The minimum absolute atomic E-state index is 0.0587. The number of alkyl halides is 1. The lowest BCUT2D eigenvalue weighted by atomic mass is 9.94. The zero-order valence-electron chi connectivity index (χ0n) is 15.4. The molecule has 0 fully saturated rings. The number of hydrogen-bond acceptors (Lipinski definition) is 2. The molecule has 3 aromatic rings. The molecule has 1 amide bonds. The summed E-state index contributed by atoms with van der Waals surface area (Å²) in [4.78, 5) is 19.2. The summed E-state index contributed by atoms with van der Waals surface area (Å²) >= 11 is 0. The molecular weight excluding hydrogens is 327 g/mol. The maximum atomic E-state index is 14.2. The SMILES string of the molecule is CC[C@@H](C)N(C)C(=O)c1nc2ccccc2c(-c2ccccc2)c1CF. The molecule has 1 atom stereocenters. The van der Waals surface area contributed by atoms with Gasteiger partial charge in [-0.3, -0.25) is 4.79 Å². The molecule has 26 heavy (non-hydrogen) atoms. The Morgan fingerprint density at radius 1 is 1.12 bits per heavy atom. The Morgan fingerprint density at radius 3 is 2.42 bits per heavy atom. The van der Waals surface area contributed by atoms with E-state index in [9.17, 15) is 9.18 Å². The summed E-state index contributed by atoms with van der Waals surface area (Å²) in [5, 5.41) is 0.856. The number of para-hydroxylation sites is 1. The third kappa shape index (κ3) is 3.19. The average Bonchev–Trinajstić information content (AvgIpc) is 2.71. The van der Waals surface area contributed by atoms with Crippen molar-refractivity contribution in [3.8, 4) is 11.1 Å². The highest BCUT2D eigenvalue weighted by Gasteiger charge is 2.25. The van der Waals surface area contributed by atoms with Gasteiger partial charge in [0.2, 0.25) is 0 Å². The van der Waals surface area contributed by atoms with Crippen LogP contribution in [0.1, 0.15) is 36.3 Å². The van der Waals surface area contributed by atoms with Crippen LogP contribution >= 0.6 is 0 Å². The summed E-state index contributed by atoms with van der Waals surface area (Å²) in [7, 11) is 1.75. The van der Waals surface area contributed by atoms with E-state index in [4.69, 9.17) is 0 Å². The molecule has 3 rings (SSSR count). The quantitative estimate of drug-likeness (QED) is 0.630. The van der Waals surface area contributed by atoms with Gasteiger partial charge in [-0.05, 0) is 30.5 Å². The predicted molar refractivity (Wildman–Crippen MR) is 104 cm³/mol. The fourth-order valence-electron chi connectivity index (χ4n) is 3.13. The van der Waals surface area contributed by atoms with E-state index in [1.54, 1.807) is 11.9 Å². The molecule has 0 N–H and O–H groups in total. The summed E-state index contributed by atoms with van der Waals surface area (Å²) in [6.45, 7) is 3.26. The third-order valence-electron chi connectivity index (χ3n) is 4.96. The highest BCUT2D eigenvalue weighted by atomic mass is 19.1. The first kappa shape index (κ1) is 18.1. The molecule has 0 radical (unpaired) electrons. The van der Waals surface area contributed by atoms with Crippen LogP contribution in [0.2, 0.25) is 0 Å². The first-order chi connectivity index (χ1) is 12.6. The van der Waals surface area contributed by atoms with E-state index in [2.05, 4.69) is 4.98 Å². The monoisotopic (exact) mass is 350 g/mol. The minimum atomic E-state index is -0.739. The van der Waals surface area contributed by atoms with Crippen molar-refractivity contribution in [1.82, 2.24) is 9.88 Å². The molecule has 0 unspecified atom stereocenters. The van der Waals surface area contributed by atoms with Crippen LogP contribution in [-0.2, 0) is 6.67 Å². The molecule has 4 heteroatoms. The Bertz CT molecular complexity index is 924. The maximum absolute atomic E-state index is 14.2. The number of pyridine rings is 1. The van der Waals surface area contributed by atoms with Gasteiger partial charge in [-0.25, -0.2) is 9.37 Å². The number of fused-ring (bicyclic) bond motifs is 1. The number of halogens is 1. The van der Waals surface area contributed by atoms with Crippen molar-refractivity contribution in [2.75, 3.05) is 7.05 Å². The summed E-state index contributed by atoms with van der Waals surface area (Å²) in [5.41, 5.74) is 2.89. The number of nitrogens with zero attached hydrogens (tertiary/aromatic N) is 2. The largest absolute Gasteiger partial charge is 0.338 e. The smallest absolute Gasteiger partial charge is 0.272 e. The van der Waals surface area contributed by atoms with E-state index < -0.39 is 6.67 Å². The van der Waals surface area contributed by atoms with Gasteiger partial charge >= 0.3 is 0 Å².